The monoisotopic (exact) mass is 526 g/mol. The Morgan fingerprint density at radius 2 is 1.76 bits per heavy atom. The van der Waals surface area contributed by atoms with Gasteiger partial charge in [-0.05, 0) is 59.7 Å². The van der Waals surface area contributed by atoms with E-state index >= 15 is 0 Å². The minimum Gasteiger partial charge on any atom is -0.272 e. The fourth-order valence-electron chi connectivity index (χ4n) is 3.32. The molecule has 0 radical (unpaired) electrons. The van der Waals surface area contributed by atoms with Crippen LogP contribution in [0.15, 0.2) is 65.1 Å². The number of hydrogen-bond donors (Lipinski definition) is 0. The molecule has 1 amide bonds. The minimum absolute atomic E-state index is 0.0177. The van der Waals surface area contributed by atoms with Crippen molar-refractivity contribution in [1.29, 1.82) is 0 Å². The van der Waals surface area contributed by atoms with Crippen LogP contribution in [-0.2, 0) is 14.8 Å². The second kappa shape index (κ2) is 7.86. The van der Waals surface area contributed by atoms with E-state index in [1.54, 1.807) is 12.1 Å². The highest BCUT2D eigenvalue weighted by Gasteiger charge is 2.55. The molecule has 29 heavy (non-hydrogen) atoms. The third-order valence-corrected chi connectivity index (χ3v) is 8.03. The number of carbonyl (C=O) groups is 1. The Bertz CT molecular complexity index is 1100. The van der Waals surface area contributed by atoms with E-state index in [1.165, 1.54) is 19.1 Å². The normalized spacial score (nSPS) is 21.3. The first-order valence-corrected chi connectivity index (χ1v) is 11.3. The van der Waals surface area contributed by atoms with Crippen LogP contribution in [0.5, 0.6) is 0 Å². The first kappa shape index (κ1) is 21.4. The highest BCUT2D eigenvalue weighted by atomic mass is 127. The second-order valence-corrected chi connectivity index (χ2v) is 10.1. The van der Waals surface area contributed by atoms with Gasteiger partial charge in [-0.1, -0.05) is 48.0 Å². The maximum Gasteiger partial charge on any atom is 0.266 e. The van der Waals surface area contributed by atoms with Crippen LogP contribution in [0, 0.1) is 22.5 Å². The zero-order valence-electron chi connectivity index (χ0n) is 15.8. The van der Waals surface area contributed by atoms with Crippen LogP contribution in [0.4, 0.5) is 0 Å². The number of benzene rings is 2. The Hall–Kier alpha value is -2.27. The van der Waals surface area contributed by atoms with Gasteiger partial charge in [0.15, 0.2) is 0 Å². The lowest BCUT2D eigenvalue weighted by atomic mass is 9.83. The molecule has 152 valence electrons. The highest BCUT2D eigenvalue weighted by Crippen LogP contribution is 2.45. The number of sulfonamides is 1. The average Bonchev–Trinajstić information content (AvgIpc) is 2.93. The summed E-state index contributed by atoms with van der Waals surface area (Å²) in [7, 11) is -4.14. The van der Waals surface area contributed by atoms with Gasteiger partial charge in [0.25, 0.3) is 15.9 Å². The van der Waals surface area contributed by atoms with E-state index in [2.05, 4.69) is 0 Å². The molecule has 1 saturated heterocycles. The molecule has 0 N–H and O–H groups in total. The summed E-state index contributed by atoms with van der Waals surface area (Å²) in [6.07, 6.45) is 0. The summed E-state index contributed by atoms with van der Waals surface area (Å²) in [6, 6.07) is 15.3. The number of nitrogens with zero attached hydrogens (tertiary/aromatic N) is 2. The van der Waals surface area contributed by atoms with E-state index < -0.39 is 32.8 Å². The molecule has 0 saturated carbocycles. The number of halogens is 1. The fourth-order valence-corrected chi connectivity index (χ4v) is 5.90. The van der Waals surface area contributed by atoms with Crippen molar-refractivity contribution in [2.45, 2.75) is 18.7 Å². The molecule has 1 heterocycles. The van der Waals surface area contributed by atoms with Crippen LogP contribution >= 0.6 is 22.6 Å². The average molecular weight is 526 g/mol. The van der Waals surface area contributed by atoms with Gasteiger partial charge in [-0.25, -0.2) is 12.7 Å². The minimum atomic E-state index is -4.14. The molecule has 0 bridgehead atoms. The third-order valence-electron chi connectivity index (χ3n) is 5.01. The number of carbonyl (C=O) groups excluding carboxylic acids is 1. The summed E-state index contributed by atoms with van der Waals surface area (Å²) in [5.74, 6) is -0.783. The van der Waals surface area contributed by atoms with Gasteiger partial charge >= 0.3 is 0 Å². The largest absolute Gasteiger partial charge is 0.272 e. The molecule has 1 atom stereocenters. The summed E-state index contributed by atoms with van der Waals surface area (Å²) in [5.41, 5.74) is 0.545. The van der Waals surface area contributed by atoms with Crippen molar-refractivity contribution >= 4 is 42.1 Å². The standard InChI is InChI=1S/C20H19IN2O5S/c1-14-8-10-16(11-9-14)29(27,28)22-12-17(18(21)15-6-4-3-5-7-15)20(2,19(22)24)13-23(25)26/h3-11H,12-13H2,1-2H3/b18-17+/t20-/m1/s1. The van der Waals surface area contributed by atoms with E-state index in [1.807, 2.05) is 59.8 Å². The second-order valence-electron chi connectivity index (χ2n) is 7.11. The van der Waals surface area contributed by atoms with E-state index in [4.69, 9.17) is 0 Å². The molecule has 3 rings (SSSR count). The van der Waals surface area contributed by atoms with Gasteiger partial charge in [-0.15, -0.1) is 0 Å². The lowest BCUT2D eigenvalue weighted by molar-refractivity contribution is -0.490. The number of nitro groups is 1. The first-order chi connectivity index (χ1) is 13.6. The highest BCUT2D eigenvalue weighted by molar-refractivity contribution is 14.1. The molecule has 7 nitrogen and oxygen atoms in total. The number of aryl methyl sites for hydroxylation is 1. The maximum absolute atomic E-state index is 13.2. The SMILES string of the molecule is Cc1ccc(S(=O)(=O)N2C/C(=C(\I)c3ccccc3)[C@@](C)(C[N+](=O)[O-])C2=O)cc1. The number of hydrogen-bond acceptors (Lipinski definition) is 5. The Morgan fingerprint density at radius 3 is 2.31 bits per heavy atom. The van der Waals surface area contributed by atoms with Crippen LogP contribution in [-0.4, -0.2) is 36.6 Å². The fraction of sp³-hybridized carbons (Fsp3) is 0.250. The molecule has 1 fully saturated rings. The summed E-state index contributed by atoms with van der Waals surface area (Å²) in [4.78, 5) is 23.9. The maximum atomic E-state index is 13.2. The molecular weight excluding hydrogens is 507 g/mol. The molecule has 9 heteroatoms. The zero-order chi connectivity index (χ0) is 21.4. The first-order valence-electron chi connectivity index (χ1n) is 8.77. The molecule has 0 aromatic heterocycles. The Balaban J connectivity index is 2.14. The van der Waals surface area contributed by atoms with Crippen molar-refractivity contribution in [3.8, 4) is 0 Å². The third kappa shape index (κ3) is 3.93. The quantitative estimate of drug-likeness (QED) is 0.337. The van der Waals surface area contributed by atoms with E-state index in [-0.39, 0.29) is 11.4 Å². The lowest BCUT2D eigenvalue weighted by Crippen LogP contribution is -2.40. The molecule has 0 aliphatic carbocycles. The molecule has 1 aliphatic heterocycles. The molecule has 1 aliphatic rings. The van der Waals surface area contributed by atoms with Gasteiger partial charge in [0.1, 0.15) is 5.41 Å². The molecule has 2 aromatic rings. The Labute approximate surface area is 182 Å². The number of rotatable bonds is 5. The molecule has 2 aromatic carbocycles. The van der Waals surface area contributed by atoms with Crippen LogP contribution in [0.25, 0.3) is 3.58 Å². The van der Waals surface area contributed by atoms with Crippen molar-refractivity contribution in [3.05, 3.63) is 81.4 Å². The molecular formula is C20H19IN2O5S. The Kier molecular flexibility index (Phi) is 5.81. The summed E-state index contributed by atoms with van der Waals surface area (Å²) in [5, 5.41) is 11.3. The van der Waals surface area contributed by atoms with Crippen molar-refractivity contribution < 1.29 is 18.1 Å². The van der Waals surface area contributed by atoms with Crippen LogP contribution in [0.1, 0.15) is 18.1 Å². The van der Waals surface area contributed by atoms with Crippen molar-refractivity contribution in [2.24, 2.45) is 5.41 Å². The van der Waals surface area contributed by atoms with Crippen LogP contribution in [0.3, 0.4) is 0 Å². The lowest BCUT2D eigenvalue weighted by Gasteiger charge is -2.21. The Morgan fingerprint density at radius 1 is 1.17 bits per heavy atom. The summed E-state index contributed by atoms with van der Waals surface area (Å²) in [6.45, 7) is 2.38. The van der Waals surface area contributed by atoms with Gasteiger partial charge in [0.2, 0.25) is 6.54 Å². The van der Waals surface area contributed by atoms with Crippen molar-refractivity contribution in [1.82, 2.24) is 4.31 Å². The van der Waals surface area contributed by atoms with Crippen molar-refractivity contribution in [2.75, 3.05) is 13.1 Å². The van der Waals surface area contributed by atoms with Gasteiger partial charge in [-0.3, -0.25) is 14.9 Å². The van der Waals surface area contributed by atoms with Gasteiger partial charge in [0, 0.05) is 8.50 Å². The number of amides is 1. The van der Waals surface area contributed by atoms with E-state index in [0.717, 1.165) is 15.4 Å². The van der Waals surface area contributed by atoms with Gasteiger partial charge in [-0.2, -0.15) is 0 Å². The zero-order valence-corrected chi connectivity index (χ0v) is 18.8. The van der Waals surface area contributed by atoms with E-state index in [9.17, 15) is 23.3 Å². The smallest absolute Gasteiger partial charge is 0.266 e. The summed E-state index contributed by atoms with van der Waals surface area (Å²) < 4.78 is 27.7. The predicted molar refractivity (Wildman–Crippen MR) is 117 cm³/mol. The van der Waals surface area contributed by atoms with E-state index in [0.29, 0.717) is 9.15 Å². The van der Waals surface area contributed by atoms with Crippen molar-refractivity contribution in [3.63, 3.8) is 0 Å². The van der Waals surface area contributed by atoms with Crippen LogP contribution in [0.2, 0.25) is 0 Å². The van der Waals surface area contributed by atoms with Crippen LogP contribution < -0.4 is 0 Å². The molecule has 0 unspecified atom stereocenters. The topological polar surface area (TPSA) is 97.6 Å². The predicted octanol–water partition coefficient (Wildman–Crippen LogP) is 3.66. The van der Waals surface area contributed by atoms with Gasteiger partial charge < -0.3 is 0 Å². The van der Waals surface area contributed by atoms with Gasteiger partial charge in [0.05, 0.1) is 11.4 Å². The summed E-state index contributed by atoms with van der Waals surface area (Å²) >= 11 is 2.03. The molecule has 0 spiro atoms.